The van der Waals surface area contributed by atoms with Crippen molar-refractivity contribution in [2.75, 3.05) is 27.2 Å². The van der Waals surface area contributed by atoms with Crippen molar-refractivity contribution in [3.05, 3.63) is 0 Å². The molecule has 1 aliphatic heterocycles. The molecule has 0 bridgehead atoms. The van der Waals surface area contributed by atoms with Crippen LogP contribution in [0.2, 0.25) is 0 Å². The molecule has 0 aliphatic carbocycles. The highest BCUT2D eigenvalue weighted by Crippen LogP contribution is 2.11. The fourth-order valence-electron chi connectivity index (χ4n) is 1.68. The number of piperidine rings is 1. The summed E-state index contributed by atoms with van der Waals surface area (Å²) in [7, 11) is 4.12. The Morgan fingerprint density at radius 1 is 1.43 bits per heavy atom. The number of hydrogen-bond acceptors (Lipinski definition) is 4. The molecule has 0 saturated carbocycles. The van der Waals surface area contributed by atoms with Crippen molar-refractivity contribution in [2.45, 2.75) is 18.9 Å². The van der Waals surface area contributed by atoms with E-state index in [2.05, 4.69) is 24.4 Å². The first-order chi connectivity index (χ1) is 6.63. The third-order valence-electron chi connectivity index (χ3n) is 2.57. The molecule has 80 valence electrons. The quantitative estimate of drug-likeness (QED) is 0.479. The molecule has 1 amide bonds. The summed E-state index contributed by atoms with van der Waals surface area (Å²) in [5.41, 5.74) is 2.54. The van der Waals surface area contributed by atoms with Gasteiger partial charge in [0.15, 0.2) is 0 Å². The van der Waals surface area contributed by atoms with Gasteiger partial charge >= 0.3 is 0 Å². The van der Waals surface area contributed by atoms with Gasteiger partial charge < -0.3 is 4.90 Å². The predicted octanol–water partition coefficient (Wildman–Crippen LogP) is -0.757. The number of nitrogens with zero attached hydrogens (tertiary/aromatic N) is 2. The van der Waals surface area contributed by atoms with E-state index in [0.717, 1.165) is 25.9 Å². The van der Waals surface area contributed by atoms with Gasteiger partial charge in [-0.2, -0.15) is 0 Å². The van der Waals surface area contributed by atoms with E-state index in [1.165, 1.54) is 0 Å². The Balaban J connectivity index is 2.28. The van der Waals surface area contributed by atoms with E-state index < -0.39 is 5.91 Å². The lowest BCUT2D eigenvalue weighted by molar-refractivity contribution is -0.135. The lowest BCUT2D eigenvalue weighted by Crippen LogP contribution is -2.50. The third kappa shape index (κ3) is 3.08. The molecular formula is C9H17N3O2. The summed E-state index contributed by atoms with van der Waals surface area (Å²) in [6.07, 6.45) is 2.34. The highest BCUT2D eigenvalue weighted by Gasteiger charge is 2.21. The number of hydrogen-bond donors (Lipinski definition) is 1. The van der Waals surface area contributed by atoms with E-state index in [9.17, 15) is 9.59 Å². The molecular weight excluding hydrogens is 182 g/mol. The Morgan fingerprint density at radius 3 is 2.43 bits per heavy atom. The topological polar surface area (TPSA) is 52.6 Å². The fraction of sp³-hybridized carbons (Fsp3) is 0.778. The van der Waals surface area contributed by atoms with E-state index in [1.807, 2.05) is 0 Å². The standard InChI is InChI=1S/C9H17N3O2/c1-11(2)8-3-5-12(6-4-8)10-9(14)7-13/h7-8H,3-6H2,1-2H3,(H,10,14). The van der Waals surface area contributed by atoms with Crippen LogP contribution in [0.5, 0.6) is 0 Å². The van der Waals surface area contributed by atoms with Gasteiger partial charge in [0.2, 0.25) is 6.29 Å². The molecule has 0 spiro atoms. The number of rotatable bonds is 3. The van der Waals surface area contributed by atoms with E-state index in [0.29, 0.717) is 12.3 Å². The molecule has 0 radical (unpaired) electrons. The summed E-state index contributed by atoms with van der Waals surface area (Å²) < 4.78 is 0. The molecule has 0 unspecified atom stereocenters. The molecule has 0 aromatic heterocycles. The van der Waals surface area contributed by atoms with Gasteiger partial charge in [0.05, 0.1) is 0 Å². The van der Waals surface area contributed by atoms with Crippen molar-refractivity contribution < 1.29 is 9.59 Å². The number of carbonyl (C=O) groups is 2. The molecule has 0 aromatic rings. The molecule has 0 aromatic carbocycles. The second kappa shape index (κ2) is 5.07. The maximum Gasteiger partial charge on any atom is 0.298 e. The summed E-state index contributed by atoms with van der Waals surface area (Å²) in [6.45, 7) is 1.62. The SMILES string of the molecule is CN(C)C1CCN(NC(=O)C=O)CC1. The monoisotopic (exact) mass is 199 g/mol. The lowest BCUT2D eigenvalue weighted by Gasteiger charge is -2.34. The van der Waals surface area contributed by atoms with Crippen molar-refractivity contribution in [2.24, 2.45) is 0 Å². The molecule has 0 atom stereocenters. The van der Waals surface area contributed by atoms with Crippen molar-refractivity contribution in [3.8, 4) is 0 Å². The Labute approximate surface area is 84.0 Å². The van der Waals surface area contributed by atoms with Gasteiger partial charge in [0.25, 0.3) is 5.91 Å². The van der Waals surface area contributed by atoms with Crippen LogP contribution in [-0.4, -0.2) is 55.3 Å². The third-order valence-corrected chi connectivity index (χ3v) is 2.57. The number of hydrazine groups is 1. The largest absolute Gasteiger partial charge is 0.306 e. The molecule has 1 N–H and O–H groups in total. The summed E-state index contributed by atoms with van der Waals surface area (Å²) in [4.78, 5) is 23.1. The Bertz CT molecular complexity index is 210. The molecule has 1 aliphatic rings. The van der Waals surface area contributed by atoms with Crippen molar-refractivity contribution in [1.82, 2.24) is 15.3 Å². The van der Waals surface area contributed by atoms with Gasteiger partial charge in [0, 0.05) is 19.1 Å². The Hall–Kier alpha value is -0.940. The van der Waals surface area contributed by atoms with Crippen LogP contribution < -0.4 is 5.43 Å². The molecule has 1 saturated heterocycles. The van der Waals surface area contributed by atoms with Gasteiger partial charge in [-0.05, 0) is 26.9 Å². The normalized spacial score (nSPS) is 19.6. The van der Waals surface area contributed by atoms with Crippen LogP contribution in [0.4, 0.5) is 0 Å². The molecule has 1 heterocycles. The first kappa shape index (κ1) is 11.1. The molecule has 5 nitrogen and oxygen atoms in total. The zero-order valence-corrected chi connectivity index (χ0v) is 8.69. The minimum Gasteiger partial charge on any atom is -0.306 e. The van der Waals surface area contributed by atoms with Gasteiger partial charge in [-0.25, -0.2) is 5.01 Å². The maximum atomic E-state index is 10.8. The van der Waals surface area contributed by atoms with Crippen molar-refractivity contribution in [3.63, 3.8) is 0 Å². The molecule has 1 rings (SSSR count). The minimum atomic E-state index is -0.562. The zero-order chi connectivity index (χ0) is 10.6. The smallest absolute Gasteiger partial charge is 0.298 e. The highest BCUT2D eigenvalue weighted by molar-refractivity contribution is 6.23. The molecule has 1 fully saturated rings. The van der Waals surface area contributed by atoms with Crippen LogP contribution in [0.25, 0.3) is 0 Å². The Morgan fingerprint density at radius 2 is 2.00 bits per heavy atom. The van der Waals surface area contributed by atoms with Gasteiger partial charge in [-0.15, -0.1) is 0 Å². The summed E-state index contributed by atoms with van der Waals surface area (Å²) in [5, 5.41) is 1.80. The van der Waals surface area contributed by atoms with Crippen molar-refractivity contribution in [1.29, 1.82) is 0 Å². The van der Waals surface area contributed by atoms with E-state index in [1.54, 1.807) is 5.01 Å². The van der Waals surface area contributed by atoms with Crippen LogP contribution in [0.1, 0.15) is 12.8 Å². The second-order valence-corrected chi connectivity index (χ2v) is 3.78. The first-order valence-corrected chi connectivity index (χ1v) is 4.80. The first-order valence-electron chi connectivity index (χ1n) is 4.80. The minimum absolute atomic E-state index is 0.304. The number of nitrogens with one attached hydrogen (secondary N) is 1. The highest BCUT2D eigenvalue weighted by atomic mass is 16.2. The zero-order valence-electron chi connectivity index (χ0n) is 8.69. The van der Waals surface area contributed by atoms with E-state index in [4.69, 9.17) is 0 Å². The van der Waals surface area contributed by atoms with Gasteiger partial charge in [0.1, 0.15) is 0 Å². The van der Waals surface area contributed by atoms with Crippen LogP contribution in [0, 0.1) is 0 Å². The van der Waals surface area contributed by atoms with Crippen molar-refractivity contribution >= 4 is 12.2 Å². The van der Waals surface area contributed by atoms with Crippen LogP contribution in [-0.2, 0) is 9.59 Å². The molecule has 14 heavy (non-hydrogen) atoms. The van der Waals surface area contributed by atoms with Gasteiger partial charge in [-0.3, -0.25) is 15.0 Å². The average molecular weight is 199 g/mol. The number of amides is 1. The van der Waals surface area contributed by atoms with E-state index in [-0.39, 0.29) is 0 Å². The van der Waals surface area contributed by atoms with Crippen LogP contribution >= 0.6 is 0 Å². The average Bonchev–Trinajstić information content (AvgIpc) is 2.18. The summed E-state index contributed by atoms with van der Waals surface area (Å²) >= 11 is 0. The second-order valence-electron chi connectivity index (χ2n) is 3.78. The predicted molar refractivity (Wildman–Crippen MR) is 52.5 cm³/mol. The fourth-order valence-corrected chi connectivity index (χ4v) is 1.68. The van der Waals surface area contributed by atoms with Gasteiger partial charge in [-0.1, -0.05) is 0 Å². The number of carbonyl (C=O) groups excluding carboxylic acids is 2. The number of aldehydes is 1. The van der Waals surface area contributed by atoms with Crippen LogP contribution in [0.3, 0.4) is 0 Å². The Kier molecular flexibility index (Phi) is 4.03. The lowest BCUT2D eigenvalue weighted by atomic mass is 10.1. The van der Waals surface area contributed by atoms with E-state index >= 15 is 0 Å². The van der Waals surface area contributed by atoms with Crippen LogP contribution in [0.15, 0.2) is 0 Å². The maximum absolute atomic E-state index is 10.8. The molecule has 5 heteroatoms. The summed E-state index contributed by atoms with van der Waals surface area (Å²) in [6, 6.07) is 0.583. The summed E-state index contributed by atoms with van der Waals surface area (Å²) in [5.74, 6) is -0.562.